The van der Waals surface area contributed by atoms with Gasteiger partial charge in [-0.15, -0.1) is 0 Å². The van der Waals surface area contributed by atoms with Gasteiger partial charge in [-0.3, -0.25) is 9.69 Å². The molecule has 2 unspecified atom stereocenters. The second-order valence-corrected chi connectivity index (χ2v) is 6.03. The van der Waals surface area contributed by atoms with Crippen LogP contribution in [0.1, 0.15) is 23.7 Å². The number of rotatable bonds is 4. The maximum Gasteiger partial charge on any atom is 0.177 e. The van der Waals surface area contributed by atoms with Gasteiger partial charge in [0.1, 0.15) is 0 Å². The quantitative estimate of drug-likeness (QED) is 0.797. The molecule has 3 nitrogen and oxygen atoms in total. The van der Waals surface area contributed by atoms with E-state index in [2.05, 4.69) is 27.8 Å². The van der Waals surface area contributed by atoms with Crippen LogP contribution in [0.3, 0.4) is 0 Å². The molecule has 2 atom stereocenters. The number of carbonyl (C=O) groups is 1. The minimum atomic E-state index is 0.164. The minimum Gasteiger partial charge on any atom is -0.380 e. The molecule has 1 aromatic carbocycles. The van der Waals surface area contributed by atoms with Crippen LogP contribution in [0.4, 0.5) is 0 Å². The number of hydrogen-bond donors (Lipinski definition) is 0. The number of ketones is 1. The summed E-state index contributed by atoms with van der Waals surface area (Å²) in [6.45, 7) is 4.49. The summed E-state index contributed by atoms with van der Waals surface area (Å²) < 4.78 is 6.35. The summed E-state index contributed by atoms with van der Waals surface area (Å²) in [5, 5.41) is 0. The van der Waals surface area contributed by atoms with Gasteiger partial charge in [0.05, 0.1) is 12.6 Å². The largest absolute Gasteiger partial charge is 0.380 e. The topological polar surface area (TPSA) is 29.5 Å². The molecular formula is C15H20BrNO2. The monoisotopic (exact) mass is 325 g/mol. The number of methoxy groups -OCH3 is 1. The molecule has 0 saturated carbocycles. The van der Waals surface area contributed by atoms with E-state index in [1.165, 1.54) is 0 Å². The molecule has 19 heavy (non-hydrogen) atoms. The normalized spacial score (nSPS) is 24.4. The molecule has 0 bridgehead atoms. The zero-order valence-corrected chi connectivity index (χ0v) is 13.0. The van der Waals surface area contributed by atoms with Crippen LogP contribution in [-0.2, 0) is 4.74 Å². The van der Waals surface area contributed by atoms with Gasteiger partial charge >= 0.3 is 0 Å². The molecule has 1 fully saturated rings. The van der Waals surface area contributed by atoms with Crippen LogP contribution in [0, 0.1) is 5.92 Å². The molecule has 1 aromatic rings. The van der Waals surface area contributed by atoms with E-state index in [-0.39, 0.29) is 11.9 Å². The average Bonchev–Trinajstić information content (AvgIpc) is 2.41. The molecule has 1 aliphatic heterocycles. The Kier molecular flexibility index (Phi) is 5.13. The molecule has 0 N–H and O–H groups in total. The van der Waals surface area contributed by atoms with E-state index in [0.29, 0.717) is 12.5 Å². The van der Waals surface area contributed by atoms with Crippen molar-refractivity contribution < 1.29 is 9.53 Å². The maximum absolute atomic E-state index is 12.3. The first kappa shape index (κ1) is 14.7. The van der Waals surface area contributed by atoms with Crippen LogP contribution in [0.2, 0.25) is 0 Å². The Morgan fingerprint density at radius 3 is 2.89 bits per heavy atom. The van der Waals surface area contributed by atoms with E-state index in [1.807, 2.05) is 24.3 Å². The molecule has 4 heteroatoms. The van der Waals surface area contributed by atoms with Gasteiger partial charge < -0.3 is 4.74 Å². The highest BCUT2D eigenvalue weighted by molar-refractivity contribution is 9.10. The van der Waals surface area contributed by atoms with Crippen molar-refractivity contribution in [1.29, 1.82) is 0 Å². The molecular weight excluding hydrogens is 306 g/mol. The first-order chi connectivity index (χ1) is 9.11. The maximum atomic E-state index is 12.3. The second-order valence-electron chi connectivity index (χ2n) is 5.18. The Balaban J connectivity index is 1.98. The van der Waals surface area contributed by atoms with Gasteiger partial charge in [0.2, 0.25) is 0 Å². The molecule has 0 aromatic heterocycles. The predicted octanol–water partition coefficient (Wildman–Crippen LogP) is 2.99. The second kappa shape index (κ2) is 6.64. The summed E-state index contributed by atoms with van der Waals surface area (Å²) in [4.78, 5) is 14.5. The van der Waals surface area contributed by atoms with Crippen LogP contribution in [0.25, 0.3) is 0 Å². The number of halogens is 1. The summed E-state index contributed by atoms with van der Waals surface area (Å²) in [6, 6.07) is 7.59. The zero-order chi connectivity index (χ0) is 13.8. The molecule has 0 radical (unpaired) electrons. The Labute approximate surface area is 123 Å². The van der Waals surface area contributed by atoms with E-state index in [1.54, 1.807) is 7.11 Å². The molecule has 0 aliphatic carbocycles. The number of benzene rings is 1. The predicted molar refractivity (Wildman–Crippen MR) is 79.5 cm³/mol. The van der Waals surface area contributed by atoms with Crippen LogP contribution in [0.5, 0.6) is 0 Å². The SMILES string of the molecule is COC1CN(CC(=O)c2ccccc2Br)CCC1C. The number of likely N-dealkylation sites (tertiary alicyclic amines) is 1. The number of Topliss-reactive ketones (excluding diaryl/α,β-unsaturated/α-hetero) is 1. The number of piperidine rings is 1. The van der Waals surface area contributed by atoms with E-state index in [0.717, 1.165) is 29.5 Å². The highest BCUT2D eigenvalue weighted by atomic mass is 79.9. The van der Waals surface area contributed by atoms with Gasteiger partial charge in [-0.2, -0.15) is 0 Å². The van der Waals surface area contributed by atoms with Crippen molar-refractivity contribution in [3.8, 4) is 0 Å². The summed E-state index contributed by atoms with van der Waals surface area (Å²) in [6.07, 6.45) is 1.32. The summed E-state index contributed by atoms with van der Waals surface area (Å²) in [7, 11) is 1.75. The molecule has 104 valence electrons. The van der Waals surface area contributed by atoms with Crippen molar-refractivity contribution in [3.05, 3.63) is 34.3 Å². The summed E-state index contributed by atoms with van der Waals surface area (Å²) in [5.74, 6) is 0.733. The van der Waals surface area contributed by atoms with Gasteiger partial charge in [0, 0.05) is 23.7 Å². The fourth-order valence-electron chi connectivity index (χ4n) is 2.52. The molecule has 1 heterocycles. The third-order valence-electron chi connectivity index (χ3n) is 3.82. The van der Waals surface area contributed by atoms with Crippen LogP contribution in [-0.4, -0.2) is 43.5 Å². The van der Waals surface area contributed by atoms with Crippen LogP contribution in [0.15, 0.2) is 28.7 Å². The van der Waals surface area contributed by atoms with Crippen LogP contribution >= 0.6 is 15.9 Å². The third kappa shape index (κ3) is 3.65. The Morgan fingerprint density at radius 1 is 1.47 bits per heavy atom. The van der Waals surface area contributed by atoms with Crippen molar-refractivity contribution in [2.75, 3.05) is 26.7 Å². The van der Waals surface area contributed by atoms with Gasteiger partial charge in [0.15, 0.2) is 5.78 Å². The fraction of sp³-hybridized carbons (Fsp3) is 0.533. The highest BCUT2D eigenvalue weighted by Gasteiger charge is 2.27. The number of carbonyl (C=O) groups excluding carboxylic acids is 1. The Hall–Kier alpha value is -0.710. The van der Waals surface area contributed by atoms with Crippen molar-refractivity contribution in [2.24, 2.45) is 5.92 Å². The summed E-state index contributed by atoms with van der Waals surface area (Å²) in [5.41, 5.74) is 0.759. The van der Waals surface area contributed by atoms with Gasteiger partial charge in [-0.25, -0.2) is 0 Å². The number of hydrogen-bond acceptors (Lipinski definition) is 3. The number of ether oxygens (including phenoxy) is 1. The smallest absolute Gasteiger partial charge is 0.177 e. The summed E-state index contributed by atoms with van der Waals surface area (Å²) >= 11 is 3.43. The van der Waals surface area contributed by atoms with E-state index in [9.17, 15) is 4.79 Å². The van der Waals surface area contributed by atoms with Gasteiger partial charge in [-0.05, 0) is 24.9 Å². The fourth-order valence-corrected chi connectivity index (χ4v) is 3.03. The van der Waals surface area contributed by atoms with E-state index >= 15 is 0 Å². The highest BCUT2D eigenvalue weighted by Crippen LogP contribution is 2.21. The van der Waals surface area contributed by atoms with Crippen LogP contribution < -0.4 is 0 Å². The standard InChI is InChI=1S/C15H20BrNO2/c1-11-7-8-17(10-15(11)19-2)9-14(18)12-5-3-4-6-13(12)16/h3-6,11,15H,7-10H2,1-2H3. The lowest BCUT2D eigenvalue weighted by Crippen LogP contribution is -2.45. The number of nitrogens with zero attached hydrogens (tertiary/aromatic N) is 1. The lowest BCUT2D eigenvalue weighted by atomic mass is 9.95. The van der Waals surface area contributed by atoms with Crippen molar-refractivity contribution >= 4 is 21.7 Å². The van der Waals surface area contributed by atoms with E-state index < -0.39 is 0 Å². The molecule has 1 aliphatic rings. The van der Waals surface area contributed by atoms with Crippen molar-refractivity contribution in [2.45, 2.75) is 19.4 Å². The molecule has 0 spiro atoms. The molecule has 0 amide bonds. The Morgan fingerprint density at radius 2 is 2.21 bits per heavy atom. The van der Waals surface area contributed by atoms with Crippen molar-refractivity contribution in [3.63, 3.8) is 0 Å². The first-order valence-corrected chi connectivity index (χ1v) is 7.44. The van der Waals surface area contributed by atoms with E-state index in [4.69, 9.17) is 4.74 Å². The molecule has 1 saturated heterocycles. The van der Waals surface area contributed by atoms with Crippen molar-refractivity contribution in [1.82, 2.24) is 4.90 Å². The molecule has 2 rings (SSSR count). The average molecular weight is 326 g/mol. The minimum absolute atomic E-state index is 0.164. The Bertz CT molecular complexity index is 450. The lowest BCUT2D eigenvalue weighted by molar-refractivity contribution is -0.00325. The lowest BCUT2D eigenvalue weighted by Gasteiger charge is -2.35. The van der Waals surface area contributed by atoms with Gasteiger partial charge in [-0.1, -0.05) is 41.1 Å². The third-order valence-corrected chi connectivity index (χ3v) is 4.51. The van der Waals surface area contributed by atoms with Gasteiger partial charge in [0.25, 0.3) is 0 Å². The first-order valence-electron chi connectivity index (χ1n) is 6.64. The zero-order valence-electron chi connectivity index (χ0n) is 11.4.